The number of hydrogen-bond donors (Lipinski definition) is 0. The number of rotatable bonds is 2. The molecule has 1 nitrogen and oxygen atoms in total. The van der Waals surface area contributed by atoms with E-state index in [0.717, 1.165) is 6.42 Å². The molecule has 4 rings (SSSR count). The lowest BCUT2D eigenvalue weighted by atomic mass is 9.83. The van der Waals surface area contributed by atoms with Gasteiger partial charge in [-0.15, -0.1) is 0 Å². The van der Waals surface area contributed by atoms with E-state index < -0.39 is 0 Å². The Morgan fingerprint density at radius 3 is 1.22 bits per heavy atom. The molecule has 1 heteroatoms. The van der Waals surface area contributed by atoms with Crippen LogP contribution in [0.1, 0.15) is 140 Å². The molecule has 0 fully saturated rings. The molecule has 0 aliphatic carbocycles. The Bertz CT molecular complexity index is 1560. The zero-order valence-electron chi connectivity index (χ0n) is 35.2. The van der Waals surface area contributed by atoms with Crippen molar-refractivity contribution in [2.45, 2.75) is 146 Å². The SMILES string of the molecule is CCc1ccc(C(C)(C)C)c(C)c1.CN(C)c1ccc(C(C)(C)C)cc1.Cc1ccc(C(C)(C)C)c(C)c1.Cc1ccccc1C(C)(C)C. The van der Waals surface area contributed by atoms with E-state index in [9.17, 15) is 0 Å². The summed E-state index contributed by atoms with van der Waals surface area (Å²) in [6.07, 6.45) is 1.13. The van der Waals surface area contributed by atoms with Gasteiger partial charge < -0.3 is 4.90 Å². The Balaban J connectivity index is 0.000000327. The van der Waals surface area contributed by atoms with Crippen molar-refractivity contribution in [3.05, 3.63) is 135 Å². The van der Waals surface area contributed by atoms with Crippen molar-refractivity contribution in [3.8, 4) is 0 Å². The molecule has 0 atom stereocenters. The summed E-state index contributed by atoms with van der Waals surface area (Å²) in [7, 11) is 4.12. The minimum atomic E-state index is 0.255. The maximum Gasteiger partial charge on any atom is 0.0361 e. The first kappa shape index (κ1) is 43.7. The van der Waals surface area contributed by atoms with Crippen LogP contribution in [-0.4, -0.2) is 14.1 Å². The molecule has 4 aromatic rings. The monoisotopic (exact) mass is 664 g/mol. The average Bonchev–Trinajstić information content (AvgIpc) is 2.96. The van der Waals surface area contributed by atoms with Gasteiger partial charge in [0.15, 0.2) is 0 Å². The van der Waals surface area contributed by atoms with Crippen LogP contribution in [0.3, 0.4) is 0 Å². The lowest BCUT2D eigenvalue weighted by molar-refractivity contribution is 0.585. The van der Waals surface area contributed by atoms with E-state index in [1.54, 1.807) is 0 Å². The highest BCUT2D eigenvalue weighted by atomic mass is 15.1. The number of benzene rings is 4. The van der Waals surface area contributed by atoms with Gasteiger partial charge >= 0.3 is 0 Å². The second-order valence-electron chi connectivity index (χ2n) is 18.1. The Labute approximate surface area is 304 Å². The third-order valence-electron chi connectivity index (χ3n) is 8.90. The van der Waals surface area contributed by atoms with Crippen molar-refractivity contribution in [1.82, 2.24) is 0 Å². The van der Waals surface area contributed by atoms with Gasteiger partial charge in [-0.05, 0) is 112 Å². The van der Waals surface area contributed by atoms with Crippen molar-refractivity contribution in [2.75, 3.05) is 19.0 Å². The fraction of sp³-hybridized carbons (Fsp3) is 0.500. The Morgan fingerprint density at radius 1 is 0.449 bits per heavy atom. The van der Waals surface area contributed by atoms with E-state index in [0.29, 0.717) is 0 Å². The molecule has 0 spiro atoms. The lowest BCUT2D eigenvalue weighted by Crippen LogP contribution is -2.13. The van der Waals surface area contributed by atoms with E-state index in [2.05, 4.69) is 222 Å². The third-order valence-corrected chi connectivity index (χ3v) is 8.90. The van der Waals surface area contributed by atoms with Crippen LogP contribution in [0.2, 0.25) is 0 Å². The van der Waals surface area contributed by atoms with E-state index in [4.69, 9.17) is 0 Å². The molecular formula is C48H73N. The molecule has 0 aromatic heterocycles. The third kappa shape index (κ3) is 15.0. The van der Waals surface area contributed by atoms with Gasteiger partial charge in [-0.1, -0.05) is 168 Å². The summed E-state index contributed by atoms with van der Waals surface area (Å²) in [6, 6.07) is 30.8. The molecule has 49 heavy (non-hydrogen) atoms. The van der Waals surface area contributed by atoms with Gasteiger partial charge in [-0.3, -0.25) is 0 Å². The van der Waals surface area contributed by atoms with Gasteiger partial charge in [0.05, 0.1) is 0 Å². The quantitative estimate of drug-likeness (QED) is 0.206. The maximum absolute atomic E-state index is 2.31. The van der Waals surface area contributed by atoms with Crippen molar-refractivity contribution in [3.63, 3.8) is 0 Å². The Kier molecular flexibility index (Phi) is 16.1. The second kappa shape index (κ2) is 18.1. The molecule has 0 N–H and O–H groups in total. The zero-order chi connectivity index (χ0) is 38.0. The fourth-order valence-corrected chi connectivity index (χ4v) is 6.12. The summed E-state index contributed by atoms with van der Waals surface area (Å²) in [4.78, 5) is 2.12. The van der Waals surface area contributed by atoms with E-state index in [1.807, 2.05) is 0 Å². The van der Waals surface area contributed by atoms with Crippen LogP contribution in [0, 0.1) is 27.7 Å². The van der Waals surface area contributed by atoms with Crippen LogP contribution in [0.5, 0.6) is 0 Å². The summed E-state index contributed by atoms with van der Waals surface area (Å²) < 4.78 is 0. The molecule has 0 saturated heterocycles. The van der Waals surface area contributed by atoms with Gasteiger partial charge in [-0.25, -0.2) is 0 Å². The predicted octanol–water partition coefficient (Wildman–Crippen LogP) is 13.8. The number of anilines is 1. The minimum absolute atomic E-state index is 0.255. The number of hydrogen-bond acceptors (Lipinski definition) is 1. The van der Waals surface area contributed by atoms with Crippen LogP contribution < -0.4 is 4.90 Å². The van der Waals surface area contributed by atoms with Crippen molar-refractivity contribution < 1.29 is 0 Å². The standard InChI is InChI=1S/C13H20.C12H19N.C12H18.C11H16/c1-6-11-7-8-12(10(2)9-11)13(3,4)5;1-12(2,3)10-6-8-11(9-7-10)13(4)5;1-9-6-7-11(10(2)8-9)12(3,4)5;1-9-7-5-6-8-10(9)11(2,3)4/h7-9H,6H2,1-5H3;6-9H,1-5H3;6-8H,1-5H3;5-8H,1-4H3. The zero-order valence-corrected chi connectivity index (χ0v) is 35.2. The summed E-state index contributed by atoms with van der Waals surface area (Å²) in [5, 5.41) is 0. The van der Waals surface area contributed by atoms with Crippen molar-refractivity contribution in [1.29, 1.82) is 0 Å². The molecule has 4 aromatic carbocycles. The van der Waals surface area contributed by atoms with Gasteiger partial charge in [0.25, 0.3) is 0 Å². The summed E-state index contributed by atoms with van der Waals surface area (Å²) in [6.45, 7) is 37.9. The highest BCUT2D eigenvalue weighted by Crippen LogP contribution is 2.28. The van der Waals surface area contributed by atoms with Gasteiger partial charge in [0.1, 0.15) is 0 Å². The van der Waals surface area contributed by atoms with E-state index in [1.165, 1.54) is 55.8 Å². The summed E-state index contributed by atoms with van der Waals surface area (Å²) >= 11 is 0. The van der Waals surface area contributed by atoms with Crippen molar-refractivity contribution in [2.24, 2.45) is 0 Å². The molecule has 0 heterocycles. The molecule has 0 bridgehead atoms. The average molecular weight is 664 g/mol. The fourth-order valence-electron chi connectivity index (χ4n) is 6.12. The molecule has 0 saturated carbocycles. The Hall–Kier alpha value is -3.32. The highest BCUT2D eigenvalue weighted by Gasteiger charge is 2.17. The van der Waals surface area contributed by atoms with Gasteiger partial charge in [-0.2, -0.15) is 0 Å². The second-order valence-corrected chi connectivity index (χ2v) is 18.1. The molecular weight excluding hydrogens is 591 g/mol. The first-order chi connectivity index (χ1) is 22.3. The van der Waals surface area contributed by atoms with Crippen LogP contribution in [0.15, 0.2) is 84.9 Å². The highest BCUT2D eigenvalue weighted by molar-refractivity contribution is 5.47. The molecule has 0 aliphatic heterocycles. The lowest BCUT2D eigenvalue weighted by Gasteiger charge is -2.22. The molecule has 0 amide bonds. The van der Waals surface area contributed by atoms with Gasteiger partial charge in [0, 0.05) is 19.8 Å². The molecule has 0 aliphatic rings. The van der Waals surface area contributed by atoms with Crippen LogP contribution in [0.25, 0.3) is 0 Å². The normalized spacial score (nSPS) is 11.7. The summed E-state index contributed by atoms with van der Waals surface area (Å²) in [5.41, 5.74) is 15.1. The molecule has 270 valence electrons. The Morgan fingerprint density at radius 2 is 0.878 bits per heavy atom. The first-order valence-electron chi connectivity index (χ1n) is 18.3. The number of nitrogens with zero attached hydrogens (tertiary/aromatic N) is 1. The van der Waals surface area contributed by atoms with E-state index in [-0.39, 0.29) is 21.7 Å². The van der Waals surface area contributed by atoms with Crippen molar-refractivity contribution >= 4 is 5.69 Å². The first-order valence-corrected chi connectivity index (χ1v) is 18.3. The van der Waals surface area contributed by atoms with Gasteiger partial charge in [0.2, 0.25) is 0 Å². The van der Waals surface area contributed by atoms with Crippen LogP contribution in [0.4, 0.5) is 5.69 Å². The van der Waals surface area contributed by atoms with Crippen LogP contribution >= 0.6 is 0 Å². The van der Waals surface area contributed by atoms with Crippen LogP contribution in [-0.2, 0) is 28.1 Å². The largest absolute Gasteiger partial charge is 0.378 e. The predicted molar refractivity (Wildman–Crippen MR) is 223 cm³/mol. The van der Waals surface area contributed by atoms with E-state index >= 15 is 0 Å². The topological polar surface area (TPSA) is 3.24 Å². The smallest absolute Gasteiger partial charge is 0.0361 e. The molecule has 0 unspecified atom stereocenters. The minimum Gasteiger partial charge on any atom is -0.378 e. The maximum atomic E-state index is 2.31. The number of aryl methyl sites for hydroxylation is 5. The molecule has 0 radical (unpaired) electrons. The summed E-state index contributed by atoms with van der Waals surface area (Å²) in [5.74, 6) is 0.